The van der Waals surface area contributed by atoms with E-state index >= 15 is 0 Å². The van der Waals surface area contributed by atoms with Gasteiger partial charge in [-0.15, -0.1) is 11.3 Å². The molecule has 0 aliphatic carbocycles. The topological polar surface area (TPSA) is 79.3 Å². The highest BCUT2D eigenvalue weighted by atomic mass is 32.1. The summed E-state index contributed by atoms with van der Waals surface area (Å²) in [6.07, 6.45) is 8.84. The summed E-state index contributed by atoms with van der Waals surface area (Å²) in [7, 11) is 0. The molecule has 2 fully saturated rings. The van der Waals surface area contributed by atoms with Crippen LogP contribution in [0.25, 0.3) is 21.6 Å². The summed E-state index contributed by atoms with van der Waals surface area (Å²) >= 11 is 1.73. The number of ether oxygens (including phenoxy) is 1. The average Bonchev–Trinajstić information content (AvgIpc) is 3.21. The first kappa shape index (κ1) is 20.7. The van der Waals surface area contributed by atoms with E-state index in [1.807, 2.05) is 0 Å². The van der Waals surface area contributed by atoms with E-state index in [9.17, 15) is 0 Å². The molecule has 1 N–H and O–H groups in total. The number of hydrogen-bond donors (Lipinski definition) is 1. The molecular formula is C22H29N7OS. The average molecular weight is 440 g/mol. The first-order valence-electron chi connectivity index (χ1n) is 11.0. The van der Waals surface area contributed by atoms with Crippen LogP contribution >= 0.6 is 11.3 Å². The second-order valence-electron chi connectivity index (χ2n) is 8.79. The van der Waals surface area contributed by atoms with E-state index in [0.717, 1.165) is 61.0 Å². The second-order valence-corrected chi connectivity index (χ2v) is 9.90. The van der Waals surface area contributed by atoms with Crippen molar-refractivity contribution in [2.75, 3.05) is 37.7 Å². The number of piperidine rings is 1. The van der Waals surface area contributed by atoms with E-state index < -0.39 is 0 Å². The van der Waals surface area contributed by atoms with Gasteiger partial charge in [-0.3, -0.25) is 0 Å². The summed E-state index contributed by atoms with van der Waals surface area (Å²) in [5.41, 5.74) is 4.70. The van der Waals surface area contributed by atoms with Crippen molar-refractivity contribution in [1.29, 1.82) is 0 Å². The van der Waals surface area contributed by atoms with Crippen LogP contribution in [0.3, 0.4) is 0 Å². The second kappa shape index (κ2) is 8.74. The largest absolute Gasteiger partial charge is 0.378 e. The molecule has 0 bridgehead atoms. The Morgan fingerprint density at radius 1 is 1.10 bits per heavy atom. The molecule has 2 saturated heterocycles. The normalized spacial score (nSPS) is 19.7. The van der Waals surface area contributed by atoms with Crippen LogP contribution in [-0.4, -0.2) is 63.3 Å². The smallest absolute Gasteiger partial charge is 0.166 e. The Bertz CT molecular complexity index is 1030. The van der Waals surface area contributed by atoms with Crippen molar-refractivity contribution in [3.63, 3.8) is 0 Å². The van der Waals surface area contributed by atoms with Gasteiger partial charge in [0, 0.05) is 49.0 Å². The van der Waals surface area contributed by atoms with Gasteiger partial charge in [0.2, 0.25) is 0 Å². The van der Waals surface area contributed by atoms with Crippen LogP contribution in [0.4, 0.5) is 5.82 Å². The molecule has 8 nitrogen and oxygen atoms in total. The zero-order chi connectivity index (χ0) is 21.3. The highest BCUT2D eigenvalue weighted by Gasteiger charge is 2.29. The van der Waals surface area contributed by atoms with Crippen molar-refractivity contribution >= 4 is 27.4 Å². The highest BCUT2D eigenvalue weighted by Crippen LogP contribution is 2.34. The Labute approximate surface area is 186 Å². The summed E-state index contributed by atoms with van der Waals surface area (Å²) < 4.78 is 5.56. The molecule has 5 heterocycles. The van der Waals surface area contributed by atoms with Crippen molar-refractivity contribution in [3.8, 4) is 11.4 Å². The zero-order valence-electron chi connectivity index (χ0n) is 18.2. The van der Waals surface area contributed by atoms with Gasteiger partial charge < -0.3 is 9.64 Å². The van der Waals surface area contributed by atoms with Crippen LogP contribution in [0.1, 0.15) is 38.0 Å². The lowest BCUT2D eigenvalue weighted by Gasteiger charge is -2.42. The lowest BCUT2D eigenvalue weighted by Crippen LogP contribution is -2.54. The summed E-state index contributed by atoms with van der Waals surface area (Å²) in [6, 6.07) is 2.25. The first-order chi connectivity index (χ1) is 15.1. The fourth-order valence-corrected chi connectivity index (χ4v) is 5.29. The monoisotopic (exact) mass is 439 g/mol. The lowest BCUT2D eigenvalue weighted by molar-refractivity contribution is 0.0223. The predicted octanol–water partition coefficient (Wildman–Crippen LogP) is 3.25. The van der Waals surface area contributed by atoms with E-state index in [2.05, 4.69) is 45.2 Å². The minimum absolute atomic E-state index is 0.189. The maximum atomic E-state index is 5.56. The number of morpholine rings is 1. The Hall–Kier alpha value is -2.20. The number of anilines is 1. The molecular weight excluding hydrogens is 410 g/mol. The van der Waals surface area contributed by atoms with Gasteiger partial charge in [-0.2, -0.15) is 0 Å². The molecule has 164 valence electrons. The highest BCUT2D eigenvalue weighted by molar-refractivity contribution is 7.18. The molecule has 0 atom stereocenters. The van der Waals surface area contributed by atoms with Gasteiger partial charge in [-0.1, -0.05) is 6.42 Å². The van der Waals surface area contributed by atoms with Gasteiger partial charge in [0.15, 0.2) is 5.82 Å². The van der Waals surface area contributed by atoms with Crippen molar-refractivity contribution in [2.45, 2.75) is 45.2 Å². The number of hydrogen-bond acceptors (Lipinski definition) is 9. The van der Waals surface area contributed by atoms with E-state index in [1.165, 1.54) is 30.5 Å². The molecule has 5 rings (SSSR count). The van der Waals surface area contributed by atoms with Gasteiger partial charge in [0.05, 0.1) is 24.2 Å². The quantitative estimate of drug-likeness (QED) is 0.649. The van der Waals surface area contributed by atoms with Gasteiger partial charge in [-0.25, -0.2) is 30.4 Å². The number of rotatable bonds is 5. The number of nitrogens with one attached hydrogen (secondary N) is 1. The first-order valence-corrected chi connectivity index (χ1v) is 11.8. The molecule has 0 unspecified atom stereocenters. The molecule has 3 aromatic rings. The molecule has 0 saturated carbocycles. The van der Waals surface area contributed by atoms with E-state index in [1.54, 1.807) is 23.7 Å². The molecule has 3 aromatic heterocycles. The number of fused-ring (bicyclic) bond motifs is 1. The fraction of sp³-hybridized carbons (Fsp3) is 0.545. The third kappa shape index (κ3) is 4.41. The van der Waals surface area contributed by atoms with Crippen LogP contribution < -0.4 is 10.3 Å². The van der Waals surface area contributed by atoms with Crippen molar-refractivity contribution in [1.82, 2.24) is 30.4 Å². The van der Waals surface area contributed by atoms with E-state index in [4.69, 9.17) is 14.7 Å². The van der Waals surface area contributed by atoms with Crippen LogP contribution in [0, 0.1) is 0 Å². The van der Waals surface area contributed by atoms with Crippen molar-refractivity contribution < 1.29 is 4.74 Å². The minimum Gasteiger partial charge on any atom is -0.378 e. The zero-order valence-corrected chi connectivity index (χ0v) is 19.0. The van der Waals surface area contributed by atoms with Crippen LogP contribution in [0.2, 0.25) is 0 Å². The molecule has 0 radical (unpaired) electrons. The van der Waals surface area contributed by atoms with Crippen molar-refractivity contribution in [2.24, 2.45) is 0 Å². The maximum absolute atomic E-state index is 5.56. The summed E-state index contributed by atoms with van der Waals surface area (Å²) in [6.45, 7) is 9.65. The maximum Gasteiger partial charge on any atom is 0.166 e. The standard InChI is InChI=1S/C22H29N7OS/c1-22(2)5-3-4-6-29(22)25-14-17-11-18-20(28-7-9-30-10-8-28)26-19(27-21(18)31-17)16-12-23-15-24-13-16/h11-13,15,25H,3-10,14H2,1-2H3. The van der Waals surface area contributed by atoms with Crippen molar-refractivity contribution in [3.05, 3.63) is 29.7 Å². The Morgan fingerprint density at radius 2 is 1.90 bits per heavy atom. The SMILES string of the molecule is CC1(C)CCCCN1NCc1cc2c(N3CCOCC3)nc(-c3cncnc3)nc2s1. The van der Waals surface area contributed by atoms with Crippen LogP contribution in [-0.2, 0) is 11.3 Å². The molecule has 9 heteroatoms. The third-order valence-corrected chi connectivity index (χ3v) is 7.18. The number of hydrazine groups is 1. The fourth-order valence-electron chi connectivity index (χ4n) is 4.33. The molecule has 2 aliphatic rings. The number of aromatic nitrogens is 4. The molecule has 2 aliphatic heterocycles. The summed E-state index contributed by atoms with van der Waals surface area (Å²) in [5.74, 6) is 1.65. The Morgan fingerprint density at radius 3 is 2.68 bits per heavy atom. The van der Waals surface area contributed by atoms with Gasteiger partial charge in [-0.05, 0) is 32.8 Å². The Balaban J connectivity index is 1.47. The number of nitrogens with zero attached hydrogens (tertiary/aromatic N) is 6. The van der Waals surface area contributed by atoms with E-state index in [0.29, 0.717) is 5.82 Å². The van der Waals surface area contributed by atoms with Crippen LogP contribution in [0.15, 0.2) is 24.8 Å². The molecule has 0 aromatic carbocycles. The van der Waals surface area contributed by atoms with E-state index in [-0.39, 0.29) is 5.54 Å². The molecule has 0 spiro atoms. The Kier molecular flexibility index (Phi) is 5.83. The van der Waals surface area contributed by atoms with Crippen LogP contribution in [0.5, 0.6) is 0 Å². The van der Waals surface area contributed by atoms with Gasteiger partial charge in [0.25, 0.3) is 0 Å². The lowest BCUT2D eigenvalue weighted by atomic mass is 9.92. The predicted molar refractivity (Wildman–Crippen MR) is 123 cm³/mol. The third-order valence-electron chi connectivity index (χ3n) is 6.15. The summed E-state index contributed by atoms with van der Waals surface area (Å²) in [4.78, 5) is 22.7. The molecule has 0 amide bonds. The minimum atomic E-state index is 0.189. The summed E-state index contributed by atoms with van der Waals surface area (Å²) in [5, 5.41) is 3.52. The number of thiophene rings is 1. The molecule has 31 heavy (non-hydrogen) atoms. The van der Waals surface area contributed by atoms with Gasteiger partial charge in [0.1, 0.15) is 17.0 Å². The van der Waals surface area contributed by atoms with Gasteiger partial charge >= 0.3 is 0 Å².